The zero-order valence-corrected chi connectivity index (χ0v) is 12.4. The van der Waals surface area contributed by atoms with Crippen molar-refractivity contribution in [1.29, 1.82) is 0 Å². The molecule has 0 N–H and O–H groups in total. The molecule has 0 radical (unpaired) electrons. The van der Waals surface area contributed by atoms with Crippen LogP contribution in [0.1, 0.15) is 33.6 Å². The first kappa shape index (κ1) is 16.0. The van der Waals surface area contributed by atoms with E-state index >= 15 is 0 Å². The van der Waals surface area contributed by atoms with Crippen LogP contribution in [0.2, 0.25) is 0 Å². The largest absolute Gasteiger partial charge is 0.466 e. The summed E-state index contributed by atoms with van der Waals surface area (Å²) in [6.45, 7) is 9.65. The van der Waals surface area contributed by atoms with Crippen LogP contribution in [0.15, 0.2) is 0 Å². The summed E-state index contributed by atoms with van der Waals surface area (Å²) in [5, 5.41) is 0. The van der Waals surface area contributed by atoms with Crippen molar-refractivity contribution in [2.45, 2.75) is 33.6 Å². The summed E-state index contributed by atoms with van der Waals surface area (Å²) in [7, 11) is 0. The molecule has 0 aromatic carbocycles. The van der Waals surface area contributed by atoms with E-state index in [9.17, 15) is 9.59 Å². The number of carbonyl (C=O) groups excluding carboxylic acids is 2. The van der Waals surface area contributed by atoms with Crippen LogP contribution in [0.3, 0.4) is 0 Å². The molecule has 5 nitrogen and oxygen atoms in total. The van der Waals surface area contributed by atoms with Gasteiger partial charge in [-0.3, -0.25) is 14.5 Å². The second-order valence-electron chi connectivity index (χ2n) is 4.89. The maximum atomic E-state index is 12.0. The van der Waals surface area contributed by atoms with Gasteiger partial charge < -0.3 is 9.64 Å². The van der Waals surface area contributed by atoms with E-state index in [0.717, 1.165) is 32.5 Å². The summed E-state index contributed by atoms with van der Waals surface area (Å²) in [6.07, 6.45) is 1.82. The number of esters is 1. The standard InChI is InChI=1S/C14H26N2O3/c1-4-16(5-2)13(17)11-15-9-7-8-12(10-15)14(18)19-6-3/h12H,4-11H2,1-3H3. The Labute approximate surface area is 115 Å². The van der Waals surface area contributed by atoms with E-state index in [2.05, 4.69) is 4.90 Å². The first-order valence-electron chi connectivity index (χ1n) is 7.29. The molecule has 1 aliphatic heterocycles. The fourth-order valence-electron chi connectivity index (χ4n) is 2.52. The number of piperidine rings is 1. The van der Waals surface area contributed by atoms with Crippen molar-refractivity contribution in [1.82, 2.24) is 9.80 Å². The van der Waals surface area contributed by atoms with Gasteiger partial charge in [0.1, 0.15) is 0 Å². The topological polar surface area (TPSA) is 49.9 Å². The Morgan fingerprint density at radius 3 is 2.53 bits per heavy atom. The molecule has 1 atom stereocenters. The normalized spacial score (nSPS) is 20.1. The number of nitrogens with zero attached hydrogens (tertiary/aromatic N) is 2. The van der Waals surface area contributed by atoms with Crippen LogP contribution >= 0.6 is 0 Å². The zero-order chi connectivity index (χ0) is 14.3. The maximum Gasteiger partial charge on any atom is 0.310 e. The van der Waals surface area contributed by atoms with Gasteiger partial charge in [0.25, 0.3) is 0 Å². The summed E-state index contributed by atoms with van der Waals surface area (Å²) < 4.78 is 5.06. The van der Waals surface area contributed by atoms with E-state index in [1.54, 1.807) is 0 Å². The van der Waals surface area contributed by atoms with Crippen molar-refractivity contribution < 1.29 is 14.3 Å². The molecule has 0 aromatic rings. The van der Waals surface area contributed by atoms with Crippen molar-refractivity contribution in [2.75, 3.05) is 39.3 Å². The summed E-state index contributed by atoms with van der Waals surface area (Å²) in [5.74, 6) is -0.0461. The van der Waals surface area contributed by atoms with Crippen LogP contribution in [0, 0.1) is 5.92 Å². The van der Waals surface area contributed by atoms with Crippen molar-refractivity contribution in [2.24, 2.45) is 5.92 Å². The second kappa shape index (κ2) is 8.15. The Bertz CT molecular complexity index is 303. The third-order valence-electron chi connectivity index (χ3n) is 3.60. The molecule has 0 spiro atoms. The summed E-state index contributed by atoms with van der Waals surface area (Å²) in [5.41, 5.74) is 0. The molecule has 1 fully saturated rings. The predicted octanol–water partition coefficient (Wildman–Crippen LogP) is 1.13. The number of rotatable bonds is 6. The number of likely N-dealkylation sites (tertiary alicyclic amines) is 1. The van der Waals surface area contributed by atoms with Crippen LogP contribution in [0.4, 0.5) is 0 Å². The lowest BCUT2D eigenvalue weighted by atomic mass is 9.98. The minimum atomic E-state index is -0.123. The van der Waals surface area contributed by atoms with Gasteiger partial charge in [-0.25, -0.2) is 0 Å². The Hall–Kier alpha value is -1.10. The average Bonchev–Trinajstić information content (AvgIpc) is 2.40. The lowest BCUT2D eigenvalue weighted by molar-refractivity contribution is -0.150. The van der Waals surface area contributed by atoms with Crippen molar-refractivity contribution >= 4 is 11.9 Å². The quantitative estimate of drug-likeness (QED) is 0.679. The van der Waals surface area contributed by atoms with E-state index < -0.39 is 0 Å². The highest BCUT2D eigenvalue weighted by Crippen LogP contribution is 2.17. The molecular weight excluding hydrogens is 244 g/mol. The first-order chi connectivity index (χ1) is 9.12. The fourth-order valence-corrected chi connectivity index (χ4v) is 2.52. The van der Waals surface area contributed by atoms with Crippen molar-refractivity contribution in [3.05, 3.63) is 0 Å². The Balaban J connectivity index is 2.46. The third-order valence-corrected chi connectivity index (χ3v) is 3.60. The van der Waals surface area contributed by atoms with Crippen LogP contribution in [0.25, 0.3) is 0 Å². The molecule has 0 bridgehead atoms. The molecule has 5 heteroatoms. The molecule has 110 valence electrons. The molecule has 0 saturated carbocycles. The smallest absolute Gasteiger partial charge is 0.310 e. The molecule has 1 saturated heterocycles. The SMILES string of the molecule is CCOC(=O)C1CCCN(CC(=O)N(CC)CC)C1. The maximum absolute atomic E-state index is 12.0. The number of hydrogen-bond acceptors (Lipinski definition) is 4. The number of hydrogen-bond donors (Lipinski definition) is 0. The molecule has 1 rings (SSSR count). The minimum absolute atomic E-state index is 0.0711. The summed E-state index contributed by atoms with van der Waals surface area (Å²) in [6, 6.07) is 0. The zero-order valence-electron chi connectivity index (χ0n) is 12.4. The van der Waals surface area contributed by atoms with Gasteiger partial charge in [-0.2, -0.15) is 0 Å². The Morgan fingerprint density at radius 2 is 1.95 bits per heavy atom. The van der Waals surface area contributed by atoms with E-state index in [-0.39, 0.29) is 17.8 Å². The number of amides is 1. The second-order valence-corrected chi connectivity index (χ2v) is 4.89. The van der Waals surface area contributed by atoms with E-state index in [4.69, 9.17) is 4.74 Å². The Kier molecular flexibility index (Phi) is 6.84. The van der Waals surface area contributed by atoms with Gasteiger partial charge in [0.2, 0.25) is 5.91 Å². The molecule has 1 unspecified atom stereocenters. The monoisotopic (exact) mass is 270 g/mol. The highest BCUT2D eigenvalue weighted by molar-refractivity contribution is 5.78. The Morgan fingerprint density at radius 1 is 1.26 bits per heavy atom. The van der Waals surface area contributed by atoms with Gasteiger partial charge in [-0.1, -0.05) is 0 Å². The van der Waals surface area contributed by atoms with Gasteiger partial charge in [-0.15, -0.1) is 0 Å². The van der Waals surface area contributed by atoms with Crippen LogP contribution in [-0.2, 0) is 14.3 Å². The lowest BCUT2D eigenvalue weighted by Crippen LogP contribution is -2.45. The fraction of sp³-hybridized carbons (Fsp3) is 0.857. The minimum Gasteiger partial charge on any atom is -0.466 e. The molecule has 1 amide bonds. The van der Waals surface area contributed by atoms with E-state index in [1.807, 2.05) is 25.7 Å². The van der Waals surface area contributed by atoms with Gasteiger partial charge in [0.05, 0.1) is 19.1 Å². The number of likely N-dealkylation sites (N-methyl/N-ethyl adjacent to an activating group) is 1. The van der Waals surface area contributed by atoms with Crippen molar-refractivity contribution in [3.63, 3.8) is 0 Å². The van der Waals surface area contributed by atoms with Crippen LogP contribution in [0.5, 0.6) is 0 Å². The van der Waals surface area contributed by atoms with Crippen LogP contribution < -0.4 is 0 Å². The highest BCUT2D eigenvalue weighted by Gasteiger charge is 2.28. The first-order valence-corrected chi connectivity index (χ1v) is 7.29. The average molecular weight is 270 g/mol. The van der Waals surface area contributed by atoms with Gasteiger partial charge in [-0.05, 0) is 40.2 Å². The molecule has 1 heterocycles. The summed E-state index contributed by atoms with van der Waals surface area (Å²) in [4.78, 5) is 27.7. The van der Waals surface area contributed by atoms with Gasteiger partial charge in [0, 0.05) is 19.6 Å². The molecule has 0 aromatic heterocycles. The van der Waals surface area contributed by atoms with Gasteiger partial charge >= 0.3 is 5.97 Å². The molecule has 1 aliphatic rings. The number of ether oxygens (including phenoxy) is 1. The molecule has 19 heavy (non-hydrogen) atoms. The predicted molar refractivity (Wildman–Crippen MR) is 73.7 cm³/mol. The van der Waals surface area contributed by atoms with E-state index in [0.29, 0.717) is 19.7 Å². The molecular formula is C14H26N2O3. The summed E-state index contributed by atoms with van der Waals surface area (Å²) >= 11 is 0. The van der Waals surface area contributed by atoms with Crippen molar-refractivity contribution in [3.8, 4) is 0 Å². The lowest BCUT2D eigenvalue weighted by Gasteiger charge is -2.32. The molecule has 0 aliphatic carbocycles. The van der Waals surface area contributed by atoms with Crippen LogP contribution in [-0.4, -0.2) is 61.0 Å². The third kappa shape index (κ3) is 4.82. The van der Waals surface area contributed by atoms with E-state index in [1.165, 1.54) is 0 Å². The number of carbonyl (C=O) groups is 2. The van der Waals surface area contributed by atoms with Gasteiger partial charge in [0.15, 0.2) is 0 Å². The highest BCUT2D eigenvalue weighted by atomic mass is 16.5.